The van der Waals surface area contributed by atoms with Crippen LogP contribution in [-0.4, -0.2) is 11.0 Å². The average Bonchev–Trinajstić information content (AvgIpc) is 2.46. The Morgan fingerprint density at radius 2 is 1.81 bits per heavy atom. The second-order valence-corrected chi connectivity index (χ2v) is 6.25. The number of nitrogens with zero attached hydrogens (tertiary/aromatic N) is 1. The smallest absolute Gasteiger partial charge is 0.0727 e. The number of carbonyl (C=O) groups is 1. The van der Waals surface area contributed by atoms with Crippen molar-refractivity contribution in [3.8, 4) is 11.3 Å². The second-order valence-electron chi connectivity index (χ2n) is 4.48. The molecule has 0 spiro atoms. The molecule has 0 aliphatic heterocycles. The molecule has 5 heteroatoms. The summed E-state index contributed by atoms with van der Waals surface area (Å²) >= 11 is 6.80. The molecule has 2 aromatic carbocycles. The van der Waals surface area contributed by atoms with Crippen molar-refractivity contribution in [1.82, 2.24) is 4.98 Å². The molecule has 104 valence electrons. The van der Waals surface area contributed by atoms with Crippen molar-refractivity contribution in [2.24, 2.45) is 0 Å². The van der Waals surface area contributed by atoms with Crippen molar-refractivity contribution in [3.05, 3.63) is 63.0 Å². The highest BCUT2D eigenvalue weighted by Crippen LogP contribution is 2.30. The Morgan fingerprint density at radius 1 is 1.05 bits per heavy atom. The van der Waals surface area contributed by atoms with E-state index in [9.17, 15) is 9.90 Å². The summed E-state index contributed by atoms with van der Waals surface area (Å²) in [6.07, 6.45) is 0. The molecule has 0 atom stereocenters. The predicted octanol–water partition coefficient (Wildman–Crippen LogP) is 3.79. The lowest BCUT2D eigenvalue weighted by atomic mass is 10.0. The number of aromatic carboxylic acids is 1. The fourth-order valence-corrected chi connectivity index (χ4v) is 3.02. The van der Waals surface area contributed by atoms with Gasteiger partial charge in [0.05, 0.1) is 17.2 Å². The molecule has 0 aliphatic rings. The summed E-state index contributed by atoms with van der Waals surface area (Å²) in [6, 6.07) is 14.4. The van der Waals surface area contributed by atoms with E-state index < -0.39 is 5.97 Å². The minimum Gasteiger partial charge on any atom is -0.545 e. The Morgan fingerprint density at radius 3 is 2.52 bits per heavy atom. The van der Waals surface area contributed by atoms with Crippen molar-refractivity contribution < 1.29 is 9.90 Å². The largest absolute Gasteiger partial charge is 0.545 e. The molecule has 0 unspecified atom stereocenters. The number of hydrogen-bond donors (Lipinski definition) is 0. The normalized spacial score (nSPS) is 10.8. The lowest BCUT2D eigenvalue weighted by molar-refractivity contribution is -0.254. The molecule has 3 nitrogen and oxygen atoms in total. The second kappa shape index (κ2) is 5.58. The first kappa shape index (κ1) is 14.2. The van der Waals surface area contributed by atoms with Gasteiger partial charge in [0.15, 0.2) is 0 Å². The zero-order valence-corrected chi connectivity index (χ0v) is 13.8. The van der Waals surface area contributed by atoms with Gasteiger partial charge in [-0.2, -0.15) is 0 Å². The van der Waals surface area contributed by atoms with E-state index in [-0.39, 0.29) is 5.56 Å². The Balaban J connectivity index is 2.34. The number of benzene rings is 2. The molecular weight excluding hydrogens is 398 g/mol. The Bertz CT molecular complexity index is 862. The van der Waals surface area contributed by atoms with E-state index in [4.69, 9.17) is 0 Å². The molecule has 3 rings (SSSR count). The number of halogens is 2. The van der Waals surface area contributed by atoms with Crippen molar-refractivity contribution >= 4 is 48.7 Å². The van der Waals surface area contributed by atoms with Crippen LogP contribution in [0.1, 0.15) is 10.4 Å². The summed E-state index contributed by atoms with van der Waals surface area (Å²) in [6.45, 7) is 0. The van der Waals surface area contributed by atoms with Crippen LogP contribution in [0.25, 0.3) is 22.2 Å². The molecule has 0 aliphatic carbocycles. The third-order valence-electron chi connectivity index (χ3n) is 3.14. The van der Waals surface area contributed by atoms with E-state index >= 15 is 0 Å². The van der Waals surface area contributed by atoms with Gasteiger partial charge in [-0.05, 0) is 30.3 Å². The van der Waals surface area contributed by atoms with Crippen molar-refractivity contribution in [1.29, 1.82) is 0 Å². The maximum atomic E-state index is 11.4. The fourth-order valence-electron chi connectivity index (χ4n) is 2.17. The van der Waals surface area contributed by atoms with Crippen LogP contribution in [0.5, 0.6) is 0 Å². The lowest BCUT2D eigenvalue weighted by Crippen LogP contribution is -2.22. The van der Waals surface area contributed by atoms with Gasteiger partial charge in [-0.15, -0.1) is 0 Å². The molecule has 0 saturated carbocycles. The van der Waals surface area contributed by atoms with Gasteiger partial charge in [0, 0.05) is 25.5 Å². The average molecular weight is 406 g/mol. The highest BCUT2D eigenvalue weighted by molar-refractivity contribution is 9.10. The van der Waals surface area contributed by atoms with E-state index in [1.165, 1.54) is 0 Å². The topological polar surface area (TPSA) is 53.0 Å². The van der Waals surface area contributed by atoms with Crippen LogP contribution in [0.4, 0.5) is 0 Å². The van der Waals surface area contributed by atoms with E-state index in [1.807, 2.05) is 30.3 Å². The van der Waals surface area contributed by atoms with Crippen LogP contribution in [0.2, 0.25) is 0 Å². The summed E-state index contributed by atoms with van der Waals surface area (Å²) in [7, 11) is 0. The summed E-state index contributed by atoms with van der Waals surface area (Å²) < 4.78 is 1.66. The number of hydrogen-bond acceptors (Lipinski definition) is 3. The SMILES string of the molecule is O=C([O-])c1cc(-c2ccccc2Br)nc2ccc(Br)cc12. The molecule has 0 fully saturated rings. The first-order valence-electron chi connectivity index (χ1n) is 6.13. The summed E-state index contributed by atoms with van der Waals surface area (Å²) in [4.78, 5) is 16.0. The Kier molecular flexibility index (Phi) is 3.78. The van der Waals surface area contributed by atoms with Gasteiger partial charge in [-0.25, -0.2) is 4.98 Å². The highest BCUT2D eigenvalue weighted by atomic mass is 79.9. The third kappa shape index (κ3) is 2.71. The lowest BCUT2D eigenvalue weighted by Gasteiger charge is -2.11. The number of fused-ring (bicyclic) bond motifs is 1. The number of aromatic nitrogens is 1. The van der Waals surface area contributed by atoms with Gasteiger partial charge in [0.1, 0.15) is 0 Å². The van der Waals surface area contributed by atoms with E-state index in [1.54, 1.807) is 18.2 Å². The molecule has 0 amide bonds. The van der Waals surface area contributed by atoms with Crippen LogP contribution >= 0.6 is 31.9 Å². The molecule has 3 aromatic rings. The standard InChI is InChI=1S/C16H9Br2NO2/c17-9-5-6-14-11(7-9)12(16(20)21)8-15(19-14)10-3-1-2-4-13(10)18/h1-8H,(H,20,21)/p-1. The molecule has 0 saturated heterocycles. The number of carbonyl (C=O) groups excluding carboxylic acids is 1. The molecular formula is C16H8Br2NO2-. The molecule has 0 N–H and O–H groups in total. The number of carboxylic acid groups (broad SMARTS) is 1. The van der Waals surface area contributed by atoms with Gasteiger partial charge in [-0.1, -0.05) is 50.1 Å². The van der Waals surface area contributed by atoms with Crippen molar-refractivity contribution in [3.63, 3.8) is 0 Å². The molecule has 0 bridgehead atoms. The first-order valence-corrected chi connectivity index (χ1v) is 7.71. The predicted molar refractivity (Wildman–Crippen MR) is 86.9 cm³/mol. The zero-order chi connectivity index (χ0) is 15.0. The van der Waals surface area contributed by atoms with Crippen molar-refractivity contribution in [2.45, 2.75) is 0 Å². The van der Waals surface area contributed by atoms with Crippen LogP contribution in [0.3, 0.4) is 0 Å². The van der Waals surface area contributed by atoms with Gasteiger partial charge in [0.2, 0.25) is 0 Å². The highest BCUT2D eigenvalue weighted by Gasteiger charge is 2.10. The zero-order valence-electron chi connectivity index (χ0n) is 10.6. The quantitative estimate of drug-likeness (QED) is 0.651. The molecule has 1 aromatic heterocycles. The number of pyridine rings is 1. The minimum absolute atomic E-state index is 0.132. The van der Waals surface area contributed by atoms with Crippen LogP contribution < -0.4 is 5.11 Å². The van der Waals surface area contributed by atoms with Gasteiger partial charge in [-0.3, -0.25) is 0 Å². The van der Waals surface area contributed by atoms with Crippen LogP contribution in [-0.2, 0) is 0 Å². The number of carboxylic acids is 1. The first-order chi connectivity index (χ1) is 10.1. The summed E-state index contributed by atoms with van der Waals surface area (Å²) in [5.74, 6) is -1.21. The molecule has 1 heterocycles. The van der Waals surface area contributed by atoms with Gasteiger partial charge < -0.3 is 9.90 Å². The third-order valence-corrected chi connectivity index (χ3v) is 4.33. The van der Waals surface area contributed by atoms with Crippen LogP contribution in [0.15, 0.2) is 57.5 Å². The minimum atomic E-state index is -1.21. The summed E-state index contributed by atoms with van der Waals surface area (Å²) in [5, 5.41) is 12.0. The van der Waals surface area contributed by atoms with Crippen molar-refractivity contribution in [2.75, 3.05) is 0 Å². The van der Waals surface area contributed by atoms with E-state index in [0.717, 1.165) is 14.5 Å². The monoisotopic (exact) mass is 404 g/mol. The van der Waals surface area contributed by atoms with Gasteiger partial charge >= 0.3 is 0 Å². The number of rotatable bonds is 2. The van der Waals surface area contributed by atoms with E-state index in [2.05, 4.69) is 36.8 Å². The summed E-state index contributed by atoms with van der Waals surface area (Å²) in [5.41, 5.74) is 2.18. The molecule has 0 radical (unpaired) electrons. The maximum Gasteiger partial charge on any atom is 0.0727 e. The Labute approximate surface area is 137 Å². The fraction of sp³-hybridized carbons (Fsp3) is 0. The maximum absolute atomic E-state index is 11.4. The van der Waals surface area contributed by atoms with E-state index in [0.29, 0.717) is 16.6 Å². The van der Waals surface area contributed by atoms with Crippen LogP contribution in [0, 0.1) is 0 Å². The Hall–Kier alpha value is -1.72. The van der Waals surface area contributed by atoms with Gasteiger partial charge in [0.25, 0.3) is 0 Å². The molecule has 21 heavy (non-hydrogen) atoms.